The molecule has 1 atom stereocenters. The Labute approximate surface area is 42.4 Å². The van der Waals surface area contributed by atoms with Crippen LogP contribution in [0.2, 0.25) is 0 Å². The number of hydrogen-bond donors (Lipinski definition) is 1. The summed E-state index contributed by atoms with van der Waals surface area (Å²) in [5, 5.41) is 0. The molecule has 0 fully saturated rings. The van der Waals surface area contributed by atoms with Crippen LogP contribution in [0.25, 0.3) is 0 Å². The van der Waals surface area contributed by atoms with Crippen LogP contribution >= 0.6 is 12.6 Å². The van der Waals surface area contributed by atoms with E-state index in [0.717, 1.165) is 6.61 Å². The van der Waals surface area contributed by atoms with Gasteiger partial charge in [-0.25, -0.2) is 0 Å². The molecule has 0 spiro atoms. The monoisotopic (exact) mass is 102 g/mol. The molecule has 0 amide bonds. The molecule has 1 nitrogen and oxygen atoms in total. The summed E-state index contributed by atoms with van der Waals surface area (Å²) in [4.78, 5) is 0. The van der Waals surface area contributed by atoms with E-state index in [9.17, 15) is 0 Å². The highest BCUT2D eigenvalue weighted by molar-refractivity contribution is 7.80. The highest BCUT2D eigenvalue weighted by Gasteiger charge is 1.99. The van der Waals surface area contributed by atoms with Crippen LogP contribution in [0.3, 0.4) is 0 Å². The maximum Gasteiger partial charge on any atom is 0.119 e. The summed E-state index contributed by atoms with van der Waals surface area (Å²) in [5.74, 6) is 0. The summed E-state index contributed by atoms with van der Waals surface area (Å²) in [6, 6.07) is 0. The third-order valence-electron chi connectivity index (χ3n) is 0.664. The van der Waals surface area contributed by atoms with E-state index in [1.54, 1.807) is 0 Å². The molecule has 34 valence electrons. The Balaban J connectivity index is 2.38. The molecular formula is C4H6OS. The lowest BCUT2D eigenvalue weighted by atomic mass is 10.6. The zero-order chi connectivity index (χ0) is 4.41. The second-order valence-corrected chi connectivity index (χ2v) is 1.66. The van der Waals surface area contributed by atoms with Gasteiger partial charge in [0.1, 0.15) is 5.44 Å². The molecule has 0 aromatic heterocycles. The van der Waals surface area contributed by atoms with Gasteiger partial charge < -0.3 is 4.74 Å². The highest BCUT2D eigenvalue weighted by Crippen LogP contribution is 2.04. The Morgan fingerprint density at radius 2 is 2.67 bits per heavy atom. The van der Waals surface area contributed by atoms with Gasteiger partial charge in [-0.05, 0) is 6.08 Å². The van der Waals surface area contributed by atoms with Crippen molar-refractivity contribution in [3.8, 4) is 0 Å². The van der Waals surface area contributed by atoms with Crippen molar-refractivity contribution in [2.75, 3.05) is 6.61 Å². The normalized spacial score (nSPS) is 31.8. The Morgan fingerprint density at radius 1 is 1.83 bits per heavy atom. The second-order valence-electron chi connectivity index (χ2n) is 1.15. The van der Waals surface area contributed by atoms with Crippen molar-refractivity contribution in [1.29, 1.82) is 0 Å². The summed E-state index contributed by atoms with van der Waals surface area (Å²) >= 11 is 3.98. The number of hydrogen-bond acceptors (Lipinski definition) is 2. The molecule has 0 aliphatic carbocycles. The van der Waals surface area contributed by atoms with Crippen LogP contribution < -0.4 is 0 Å². The van der Waals surface area contributed by atoms with Crippen molar-refractivity contribution in [2.45, 2.75) is 5.44 Å². The maximum absolute atomic E-state index is 4.91. The largest absolute Gasteiger partial charge is 0.360 e. The van der Waals surface area contributed by atoms with Gasteiger partial charge in [-0.3, -0.25) is 0 Å². The van der Waals surface area contributed by atoms with Gasteiger partial charge in [0.05, 0.1) is 6.61 Å². The summed E-state index contributed by atoms with van der Waals surface area (Å²) in [6.07, 6.45) is 3.88. The molecule has 1 unspecified atom stereocenters. The molecule has 2 heteroatoms. The van der Waals surface area contributed by atoms with Crippen molar-refractivity contribution in [3.63, 3.8) is 0 Å². The third-order valence-corrected chi connectivity index (χ3v) is 0.985. The van der Waals surface area contributed by atoms with Crippen LogP contribution in [-0.4, -0.2) is 12.0 Å². The molecule has 0 N–H and O–H groups in total. The minimum absolute atomic E-state index is 0.0602. The topological polar surface area (TPSA) is 9.23 Å². The average Bonchev–Trinajstić information content (AvgIpc) is 1.86. The van der Waals surface area contributed by atoms with Gasteiger partial charge in [0.25, 0.3) is 0 Å². The van der Waals surface area contributed by atoms with Gasteiger partial charge in [0, 0.05) is 0 Å². The molecule has 6 heavy (non-hydrogen) atoms. The first kappa shape index (κ1) is 4.22. The number of thiol groups is 1. The molecule has 0 aromatic carbocycles. The van der Waals surface area contributed by atoms with Crippen molar-refractivity contribution >= 4 is 12.6 Å². The van der Waals surface area contributed by atoms with Crippen LogP contribution in [0.15, 0.2) is 12.2 Å². The van der Waals surface area contributed by atoms with Gasteiger partial charge in [-0.1, -0.05) is 6.08 Å². The first-order chi connectivity index (χ1) is 2.89. The lowest BCUT2D eigenvalue weighted by Crippen LogP contribution is -1.90. The SMILES string of the molecule is SC1C=CCO1. The standard InChI is InChI=1S/C4H6OS/c6-4-2-1-3-5-4/h1-2,4,6H,3H2. The molecule has 1 rings (SSSR count). The van der Waals surface area contributed by atoms with Crippen LogP contribution in [-0.2, 0) is 4.74 Å². The van der Waals surface area contributed by atoms with Crippen molar-refractivity contribution < 1.29 is 4.74 Å². The Bertz CT molecular complexity index is 69.9. The number of rotatable bonds is 0. The van der Waals surface area contributed by atoms with Crippen molar-refractivity contribution in [3.05, 3.63) is 12.2 Å². The lowest BCUT2D eigenvalue weighted by molar-refractivity contribution is 0.190. The predicted octanol–water partition coefficient (Wildman–Crippen LogP) is 0.829. The van der Waals surface area contributed by atoms with Gasteiger partial charge in [0.2, 0.25) is 0 Å². The van der Waals surface area contributed by atoms with E-state index in [1.807, 2.05) is 12.2 Å². The smallest absolute Gasteiger partial charge is 0.119 e. The maximum atomic E-state index is 4.91. The van der Waals surface area contributed by atoms with Crippen molar-refractivity contribution in [1.82, 2.24) is 0 Å². The third kappa shape index (κ3) is 0.758. The molecule has 0 saturated carbocycles. The van der Waals surface area contributed by atoms with Crippen LogP contribution in [0.1, 0.15) is 0 Å². The summed E-state index contributed by atoms with van der Waals surface area (Å²) in [5.41, 5.74) is 0.0602. The van der Waals surface area contributed by atoms with E-state index >= 15 is 0 Å². The minimum atomic E-state index is 0.0602. The molecule has 0 radical (unpaired) electrons. The quantitative estimate of drug-likeness (QED) is 0.352. The van der Waals surface area contributed by atoms with Gasteiger partial charge in [-0.2, -0.15) is 0 Å². The average molecular weight is 102 g/mol. The molecule has 0 aromatic rings. The predicted molar refractivity (Wildman–Crippen MR) is 27.9 cm³/mol. The minimum Gasteiger partial charge on any atom is -0.360 e. The second kappa shape index (κ2) is 1.67. The molecule has 0 saturated heterocycles. The highest BCUT2D eigenvalue weighted by atomic mass is 32.1. The van der Waals surface area contributed by atoms with E-state index in [0.29, 0.717) is 0 Å². The molecule has 1 aliphatic heterocycles. The van der Waals surface area contributed by atoms with Crippen LogP contribution in [0.4, 0.5) is 0 Å². The molecule has 1 heterocycles. The van der Waals surface area contributed by atoms with Crippen molar-refractivity contribution in [2.24, 2.45) is 0 Å². The fourth-order valence-corrected chi connectivity index (χ4v) is 0.589. The van der Waals surface area contributed by atoms with E-state index in [4.69, 9.17) is 4.74 Å². The van der Waals surface area contributed by atoms with E-state index in [1.165, 1.54) is 0 Å². The Kier molecular flexibility index (Phi) is 1.17. The Hall–Kier alpha value is 0.0500. The van der Waals surface area contributed by atoms with Gasteiger partial charge in [-0.15, -0.1) is 12.6 Å². The first-order valence-corrected chi connectivity index (χ1v) is 2.37. The molecule has 1 aliphatic rings. The van der Waals surface area contributed by atoms with E-state index in [2.05, 4.69) is 12.6 Å². The molecule has 0 bridgehead atoms. The fraction of sp³-hybridized carbons (Fsp3) is 0.500. The van der Waals surface area contributed by atoms with Crippen LogP contribution in [0, 0.1) is 0 Å². The van der Waals surface area contributed by atoms with Crippen LogP contribution in [0.5, 0.6) is 0 Å². The lowest BCUT2D eigenvalue weighted by Gasteiger charge is -1.92. The summed E-state index contributed by atoms with van der Waals surface area (Å²) in [6.45, 7) is 0.730. The first-order valence-electron chi connectivity index (χ1n) is 1.86. The summed E-state index contributed by atoms with van der Waals surface area (Å²) in [7, 11) is 0. The van der Waals surface area contributed by atoms with Gasteiger partial charge in [0.15, 0.2) is 0 Å². The molecular weight excluding hydrogens is 96.1 g/mol. The zero-order valence-electron chi connectivity index (χ0n) is 3.29. The number of ether oxygens (including phenoxy) is 1. The van der Waals surface area contributed by atoms with E-state index in [-0.39, 0.29) is 5.44 Å². The fourth-order valence-electron chi connectivity index (χ4n) is 0.382. The van der Waals surface area contributed by atoms with Gasteiger partial charge >= 0.3 is 0 Å². The zero-order valence-corrected chi connectivity index (χ0v) is 4.19. The summed E-state index contributed by atoms with van der Waals surface area (Å²) < 4.78 is 4.91. The Morgan fingerprint density at radius 3 is 2.83 bits per heavy atom. The van der Waals surface area contributed by atoms with E-state index < -0.39 is 0 Å².